The quantitative estimate of drug-likeness (QED) is 0.669. The Kier molecular flexibility index (Phi) is 4.89. The van der Waals surface area contributed by atoms with Crippen LogP contribution in [0.15, 0.2) is 0 Å². The Morgan fingerprint density at radius 3 is 2.47 bits per heavy atom. The number of nitrogens with zero attached hydrogens (tertiary/aromatic N) is 1. The van der Waals surface area contributed by atoms with Gasteiger partial charge in [-0.3, -0.25) is 9.59 Å². The van der Waals surface area contributed by atoms with Crippen LogP contribution < -0.4 is 11.1 Å². The zero-order valence-corrected chi connectivity index (χ0v) is 10.5. The molecule has 0 aliphatic carbocycles. The van der Waals surface area contributed by atoms with Crippen LogP contribution in [-0.2, 0) is 14.3 Å². The predicted octanol–water partition coefficient (Wildman–Crippen LogP) is -0.911. The maximum absolute atomic E-state index is 11.7. The van der Waals surface area contributed by atoms with Crippen LogP contribution in [0.5, 0.6) is 0 Å². The van der Waals surface area contributed by atoms with E-state index in [2.05, 4.69) is 5.32 Å². The van der Waals surface area contributed by atoms with Gasteiger partial charge in [0.1, 0.15) is 0 Å². The van der Waals surface area contributed by atoms with Gasteiger partial charge in [0, 0.05) is 26.1 Å². The summed E-state index contributed by atoms with van der Waals surface area (Å²) in [5, 5.41) is 2.65. The molecule has 0 unspecified atom stereocenters. The van der Waals surface area contributed by atoms with Gasteiger partial charge in [0.15, 0.2) is 0 Å². The van der Waals surface area contributed by atoms with E-state index in [-0.39, 0.29) is 11.8 Å². The van der Waals surface area contributed by atoms with Crippen LogP contribution in [0.1, 0.15) is 20.3 Å². The predicted molar refractivity (Wildman–Crippen MR) is 63.3 cm³/mol. The second-order valence-corrected chi connectivity index (χ2v) is 4.72. The first-order chi connectivity index (χ1) is 7.91. The Morgan fingerprint density at radius 2 is 1.94 bits per heavy atom. The van der Waals surface area contributed by atoms with Crippen LogP contribution >= 0.6 is 0 Å². The van der Waals surface area contributed by atoms with Crippen LogP contribution in [0.25, 0.3) is 0 Å². The monoisotopic (exact) mass is 243 g/mol. The van der Waals surface area contributed by atoms with Crippen LogP contribution in [0.3, 0.4) is 0 Å². The summed E-state index contributed by atoms with van der Waals surface area (Å²) in [5.74, 6) is -0.198. The van der Waals surface area contributed by atoms with Crippen molar-refractivity contribution in [2.75, 3.05) is 32.8 Å². The highest BCUT2D eigenvalue weighted by Crippen LogP contribution is 2.00. The molecule has 2 amide bonds. The standard InChI is InChI=1S/C11H21N3O3/c1-11(2,12)10(16)13-4-3-9(15)14-5-7-17-8-6-14/h3-8,12H2,1-2H3,(H,13,16). The smallest absolute Gasteiger partial charge is 0.239 e. The highest BCUT2D eigenvalue weighted by molar-refractivity contribution is 5.85. The van der Waals surface area contributed by atoms with E-state index >= 15 is 0 Å². The molecule has 1 fully saturated rings. The van der Waals surface area contributed by atoms with Crippen LogP contribution in [0.4, 0.5) is 0 Å². The topological polar surface area (TPSA) is 84.7 Å². The number of morpholine rings is 1. The lowest BCUT2D eigenvalue weighted by atomic mass is 10.1. The Morgan fingerprint density at radius 1 is 1.35 bits per heavy atom. The van der Waals surface area contributed by atoms with Crippen molar-refractivity contribution in [1.29, 1.82) is 0 Å². The maximum atomic E-state index is 11.7. The molecule has 17 heavy (non-hydrogen) atoms. The molecule has 1 aliphatic rings. The van der Waals surface area contributed by atoms with Crippen molar-refractivity contribution in [2.24, 2.45) is 5.73 Å². The normalized spacial score (nSPS) is 16.8. The Labute approximate surface area is 101 Å². The SMILES string of the molecule is CC(C)(N)C(=O)NCCC(=O)N1CCOCC1. The fraction of sp³-hybridized carbons (Fsp3) is 0.818. The second-order valence-electron chi connectivity index (χ2n) is 4.72. The third-order valence-electron chi connectivity index (χ3n) is 2.57. The third kappa shape index (κ3) is 4.70. The van der Waals surface area contributed by atoms with Crippen molar-refractivity contribution in [2.45, 2.75) is 25.8 Å². The summed E-state index contributed by atoms with van der Waals surface area (Å²) in [6.45, 7) is 6.04. The first kappa shape index (κ1) is 13.9. The van der Waals surface area contributed by atoms with Crippen molar-refractivity contribution in [1.82, 2.24) is 10.2 Å². The molecular formula is C11H21N3O3. The minimum absolute atomic E-state index is 0.0448. The highest BCUT2D eigenvalue weighted by Gasteiger charge is 2.22. The minimum atomic E-state index is -0.901. The highest BCUT2D eigenvalue weighted by atomic mass is 16.5. The van der Waals surface area contributed by atoms with Gasteiger partial charge in [0.2, 0.25) is 11.8 Å². The lowest BCUT2D eigenvalue weighted by Gasteiger charge is -2.27. The number of nitrogens with two attached hydrogens (primary N) is 1. The molecule has 0 radical (unpaired) electrons. The summed E-state index contributed by atoms with van der Waals surface area (Å²) in [6, 6.07) is 0. The molecule has 0 aromatic heterocycles. The van der Waals surface area contributed by atoms with E-state index < -0.39 is 5.54 Å². The number of hydrogen-bond donors (Lipinski definition) is 2. The van der Waals surface area contributed by atoms with Gasteiger partial charge in [-0.05, 0) is 13.8 Å². The van der Waals surface area contributed by atoms with Crippen molar-refractivity contribution in [3.63, 3.8) is 0 Å². The number of hydrogen-bond acceptors (Lipinski definition) is 4. The van der Waals surface area contributed by atoms with Gasteiger partial charge in [-0.25, -0.2) is 0 Å². The van der Waals surface area contributed by atoms with Gasteiger partial charge in [0.05, 0.1) is 18.8 Å². The minimum Gasteiger partial charge on any atom is -0.378 e. The van der Waals surface area contributed by atoms with Crippen molar-refractivity contribution in [3.8, 4) is 0 Å². The fourth-order valence-electron chi connectivity index (χ4n) is 1.48. The molecule has 98 valence electrons. The average molecular weight is 243 g/mol. The number of rotatable bonds is 4. The number of carbonyl (C=O) groups excluding carboxylic acids is 2. The van der Waals surface area contributed by atoms with Crippen molar-refractivity contribution < 1.29 is 14.3 Å². The van der Waals surface area contributed by atoms with Gasteiger partial charge in [-0.1, -0.05) is 0 Å². The molecule has 1 rings (SSSR count). The molecule has 6 heteroatoms. The first-order valence-corrected chi connectivity index (χ1v) is 5.84. The molecule has 0 saturated carbocycles. The molecule has 0 spiro atoms. The number of nitrogens with one attached hydrogen (secondary N) is 1. The summed E-state index contributed by atoms with van der Waals surface area (Å²) in [7, 11) is 0. The molecule has 1 heterocycles. The van der Waals surface area contributed by atoms with Crippen LogP contribution in [-0.4, -0.2) is 55.1 Å². The lowest BCUT2D eigenvalue weighted by Crippen LogP contribution is -2.50. The largest absolute Gasteiger partial charge is 0.378 e. The Balaban J connectivity index is 2.22. The Hall–Kier alpha value is -1.14. The van der Waals surface area contributed by atoms with E-state index in [1.54, 1.807) is 18.7 Å². The molecule has 0 atom stereocenters. The molecule has 0 aromatic carbocycles. The van der Waals surface area contributed by atoms with Gasteiger partial charge in [0.25, 0.3) is 0 Å². The van der Waals surface area contributed by atoms with E-state index in [9.17, 15) is 9.59 Å². The number of carbonyl (C=O) groups is 2. The van der Waals surface area contributed by atoms with Gasteiger partial charge >= 0.3 is 0 Å². The van der Waals surface area contributed by atoms with Gasteiger partial charge in [-0.2, -0.15) is 0 Å². The number of ether oxygens (including phenoxy) is 1. The maximum Gasteiger partial charge on any atom is 0.239 e. The molecule has 6 nitrogen and oxygen atoms in total. The zero-order chi connectivity index (χ0) is 12.9. The zero-order valence-electron chi connectivity index (χ0n) is 10.5. The third-order valence-corrected chi connectivity index (χ3v) is 2.57. The summed E-state index contributed by atoms with van der Waals surface area (Å²) in [5.41, 5.74) is 4.71. The molecule has 3 N–H and O–H groups in total. The van der Waals surface area contributed by atoms with E-state index in [4.69, 9.17) is 10.5 Å². The molecule has 0 aromatic rings. The fourth-order valence-corrected chi connectivity index (χ4v) is 1.48. The molecule has 1 aliphatic heterocycles. The van der Waals surface area contributed by atoms with E-state index in [0.29, 0.717) is 39.3 Å². The van der Waals surface area contributed by atoms with Gasteiger partial charge in [-0.15, -0.1) is 0 Å². The summed E-state index contributed by atoms with van der Waals surface area (Å²) < 4.78 is 5.16. The summed E-state index contributed by atoms with van der Waals surface area (Å²) in [6.07, 6.45) is 0.307. The average Bonchev–Trinajstić information content (AvgIpc) is 2.28. The summed E-state index contributed by atoms with van der Waals surface area (Å²) in [4.78, 5) is 24.9. The van der Waals surface area contributed by atoms with E-state index in [1.807, 2.05) is 0 Å². The van der Waals surface area contributed by atoms with Crippen molar-refractivity contribution in [3.05, 3.63) is 0 Å². The lowest BCUT2D eigenvalue weighted by molar-refractivity contribution is -0.135. The van der Waals surface area contributed by atoms with Crippen LogP contribution in [0.2, 0.25) is 0 Å². The van der Waals surface area contributed by atoms with Crippen molar-refractivity contribution >= 4 is 11.8 Å². The number of amides is 2. The second kappa shape index (κ2) is 5.97. The molecular weight excluding hydrogens is 222 g/mol. The molecule has 1 saturated heterocycles. The first-order valence-electron chi connectivity index (χ1n) is 5.84. The van der Waals surface area contributed by atoms with E-state index in [1.165, 1.54) is 0 Å². The van der Waals surface area contributed by atoms with E-state index in [0.717, 1.165) is 0 Å². The van der Waals surface area contributed by atoms with Crippen LogP contribution in [0, 0.1) is 0 Å². The molecule has 0 bridgehead atoms. The Bertz CT molecular complexity index is 280. The van der Waals surface area contributed by atoms with Gasteiger partial charge < -0.3 is 20.7 Å². The summed E-state index contributed by atoms with van der Waals surface area (Å²) >= 11 is 0.